The highest BCUT2D eigenvalue weighted by molar-refractivity contribution is 7.89. The van der Waals surface area contributed by atoms with Gasteiger partial charge in [0, 0.05) is 18.7 Å². The van der Waals surface area contributed by atoms with Crippen LogP contribution in [0.2, 0.25) is 0 Å². The van der Waals surface area contributed by atoms with Crippen LogP contribution in [0.1, 0.15) is 18.4 Å². The second-order valence-electron chi connectivity index (χ2n) is 5.23. The first-order valence-corrected chi connectivity index (χ1v) is 8.17. The lowest BCUT2D eigenvalue weighted by Gasteiger charge is -2.21. The maximum Gasteiger partial charge on any atom is 0.249 e. The normalized spacial score (nSPS) is 21.3. The van der Waals surface area contributed by atoms with E-state index in [2.05, 4.69) is 5.32 Å². The standard InChI is InChI=1S/C13H15N3O4S/c14-21(19,20)9-1-3-11-8(7-9)5-6-16(11)13(18)10-2-4-12(17)15-10/h1,3,7,10H,2,4-6H2,(H,15,17)(H2,14,19,20)/t10-/m0/s1. The van der Waals surface area contributed by atoms with E-state index in [0.717, 1.165) is 5.56 Å². The number of fused-ring (bicyclic) bond motifs is 1. The molecule has 2 heterocycles. The van der Waals surface area contributed by atoms with Gasteiger partial charge in [-0.3, -0.25) is 9.59 Å². The van der Waals surface area contributed by atoms with E-state index in [1.54, 1.807) is 11.0 Å². The van der Waals surface area contributed by atoms with Gasteiger partial charge in [-0.05, 0) is 36.6 Å². The van der Waals surface area contributed by atoms with Gasteiger partial charge < -0.3 is 10.2 Å². The molecule has 2 amide bonds. The van der Waals surface area contributed by atoms with Gasteiger partial charge in [-0.2, -0.15) is 0 Å². The minimum Gasteiger partial charge on any atom is -0.344 e. The van der Waals surface area contributed by atoms with E-state index < -0.39 is 16.1 Å². The van der Waals surface area contributed by atoms with Gasteiger partial charge in [0.2, 0.25) is 21.8 Å². The van der Waals surface area contributed by atoms with Crippen molar-refractivity contribution in [3.8, 4) is 0 Å². The van der Waals surface area contributed by atoms with Crippen molar-refractivity contribution in [1.29, 1.82) is 0 Å². The number of rotatable bonds is 2. The Hall–Kier alpha value is -1.93. The average Bonchev–Trinajstić information content (AvgIpc) is 3.02. The molecule has 1 saturated heterocycles. The molecule has 1 aromatic carbocycles. The zero-order valence-electron chi connectivity index (χ0n) is 11.2. The average molecular weight is 309 g/mol. The van der Waals surface area contributed by atoms with Crippen LogP contribution in [0.4, 0.5) is 5.69 Å². The zero-order chi connectivity index (χ0) is 15.2. The summed E-state index contributed by atoms with van der Waals surface area (Å²) in [6.45, 7) is 0.481. The molecule has 1 aromatic rings. The number of carbonyl (C=O) groups is 2. The van der Waals surface area contributed by atoms with Crippen LogP contribution in [-0.4, -0.2) is 32.8 Å². The molecular formula is C13H15N3O4S. The molecule has 0 bridgehead atoms. The molecule has 2 aliphatic heterocycles. The number of benzene rings is 1. The SMILES string of the molecule is NS(=O)(=O)c1ccc2c(c1)CCN2C(=O)[C@@H]1CCC(=O)N1. The van der Waals surface area contributed by atoms with Gasteiger partial charge in [0.05, 0.1) is 4.90 Å². The van der Waals surface area contributed by atoms with Crippen molar-refractivity contribution >= 4 is 27.5 Å². The molecule has 3 N–H and O–H groups in total. The summed E-state index contributed by atoms with van der Waals surface area (Å²) in [7, 11) is -3.75. The summed E-state index contributed by atoms with van der Waals surface area (Å²) in [5.74, 6) is -0.264. The Bertz CT molecular complexity index is 729. The highest BCUT2D eigenvalue weighted by atomic mass is 32.2. The largest absolute Gasteiger partial charge is 0.344 e. The summed E-state index contributed by atoms with van der Waals surface area (Å²) in [5, 5.41) is 7.76. The van der Waals surface area contributed by atoms with E-state index in [4.69, 9.17) is 5.14 Å². The number of carbonyl (C=O) groups excluding carboxylic acids is 2. The Morgan fingerprint density at radius 3 is 2.71 bits per heavy atom. The van der Waals surface area contributed by atoms with E-state index >= 15 is 0 Å². The number of nitrogens with zero attached hydrogens (tertiary/aromatic N) is 1. The van der Waals surface area contributed by atoms with Crippen LogP contribution in [0.25, 0.3) is 0 Å². The Morgan fingerprint density at radius 2 is 2.10 bits per heavy atom. The topological polar surface area (TPSA) is 110 Å². The molecule has 1 atom stereocenters. The monoisotopic (exact) mass is 309 g/mol. The number of hydrogen-bond donors (Lipinski definition) is 2. The van der Waals surface area contributed by atoms with Gasteiger partial charge in [-0.1, -0.05) is 0 Å². The predicted molar refractivity (Wildman–Crippen MR) is 75.0 cm³/mol. The van der Waals surface area contributed by atoms with E-state index in [-0.39, 0.29) is 16.7 Å². The Balaban J connectivity index is 1.87. The summed E-state index contributed by atoms with van der Waals surface area (Å²) in [4.78, 5) is 25.3. The van der Waals surface area contributed by atoms with Crippen molar-refractivity contribution in [1.82, 2.24) is 5.32 Å². The highest BCUT2D eigenvalue weighted by Crippen LogP contribution is 2.31. The third kappa shape index (κ3) is 2.52. The molecule has 2 aliphatic rings. The van der Waals surface area contributed by atoms with Crippen molar-refractivity contribution in [3.05, 3.63) is 23.8 Å². The van der Waals surface area contributed by atoms with Gasteiger partial charge in [0.25, 0.3) is 0 Å². The lowest BCUT2D eigenvalue weighted by atomic mass is 10.1. The Labute approximate surface area is 122 Å². The second kappa shape index (κ2) is 4.81. The van der Waals surface area contributed by atoms with Gasteiger partial charge in [-0.25, -0.2) is 13.6 Å². The van der Waals surface area contributed by atoms with Crippen LogP contribution in [0.15, 0.2) is 23.1 Å². The minimum absolute atomic E-state index is 0.0460. The molecule has 0 aromatic heterocycles. The highest BCUT2D eigenvalue weighted by Gasteiger charge is 2.34. The molecule has 0 saturated carbocycles. The van der Waals surface area contributed by atoms with Crippen molar-refractivity contribution in [2.75, 3.05) is 11.4 Å². The van der Waals surface area contributed by atoms with Crippen molar-refractivity contribution < 1.29 is 18.0 Å². The second-order valence-corrected chi connectivity index (χ2v) is 6.80. The first-order valence-electron chi connectivity index (χ1n) is 6.63. The number of primary sulfonamides is 1. The molecule has 8 heteroatoms. The first-order chi connectivity index (χ1) is 9.86. The maximum absolute atomic E-state index is 12.4. The lowest BCUT2D eigenvalue weighted by Crippen LogP contribution is -2.43. The van der Waals surface area contributed by atoms with Gasteiger partial charge >= 0.3 is 0 Å². The number of sulfonamides is 1. The van der Waals surface area contributed by atoms with E-state index in [9.17, 15) is 18.0 Å². The molecule has 3 rings (SSSR count). The Morgan fingerprint density at radius 1 is 1.33 bits per heavy atom. The summed E-state index contributed by atoms with van der Waals surface area (Å²) < 4.78 is 22.7. The fourth-order valence-corrected chi connectivity index (χ4v) is 3.34. The summed E-state index contributed by atoms with van der Waals surface area (Å²) >= 11 is 0. The fourth-order valence-electron chi connectivity index (χ4n) is 2.77. The van der Waals surface area contributed by atoms with Crippen LogP contribution in [0.3, 0.4) is 0 Å². The van der Waals surface area contributed by atoms with Crippen LogP contribution in [0.5, 0.6) is 0 Å². The quantitative estimate of drug-likeness (QED) is 0.767. The lowest BCUT2D eigenvalue weighted by molar-refractivity contribution is -0.124. The van der Waals surface area contributed by atoms with E-state index in [0.29, 0.717) is 31.5 Å². The third-order valence-corrected chi connectivity index (χ3v) is 4.75. The summed E-state index contributed by atoms with van der Waals surface area (Å²) in [6, 6.07) is 4.01. The molecule has 0 spiro atoms. The molecule has 7 nitrogen and oxygen atoms in total. The molecule has 0 unspecified atom stereocenters. The molecule has 0 radical (unpaired) electrons. The predicted octanol–water partition coefficient (Wildman–Crippen LogP) is -0.498. The van der Waals surface area contributed by atoms with Crippen LogP contribution < -0.4 is 15.4 Å². The molecular weight excluding hydrogens is 294 g/mol. The number of amides is 2. The zero-order valence-corrected chi connectivity index (χ0v) is 12.0. The van der Waals surface area contributed by atoms with Crippen LogP contribution >= 0.6 is 0 Å². The maximum atomic E-state index is 12.4. The van der Waals surface area contributed by atoms with Gasteiger partial charge in [0.15, 0.2) is 0 Å². The molecule has 112 valence electrons. The number of anilines is 1. The smallest absolute Gasteiger partial charge is 0.249 e. The van der Waals surface area contributed by atoms with E-state index in [1.165, 1.54) is 12.1 Å². The fraction of sp³-hybridized carbons (Fsp3) is 0.385. The minimum atomic E-state index is -3.75. The Kier molecular flexibility index (Phi) is 3.22. The van der Waals surface area contributed by atoms with Crippen LogP contribution in [0, 0.1) is 0 Å². The number of hydrogen-bond acceptors (Lipinski definition) is 4. The van der Waals surface area contributed by atoms with E-state index in [1.807, 2.05) is 0 Å². The molecule has 21 heavy (non-hydrogen) atoms. The van der Waals surface area contributed by atoms with Crippen molar-refractivity contribution in [3.63, 3.8) is 0 Å². The van der Waals surface area contributed by atoms with Crippen molar-refractivity contribution in [2.24, 2.45) is 5.14 Å². The number of nitrogens with one attached hydrogen (secondary N) is 1. The molecule has 1 fully saturated rings. The first kappa shape index (κ1) is 14.0. The third-order valence-electron chi connectivity index (χ3n) is 3.83. The summed E-state index contributed by atoms with van der Waals surface area (Å²) in [6.07, 6.45) is 1.44. The van der Waals surface area contributed by atoms with Gasteiger partial charge in [-0.15, -0.1) is 0 Å². The van der Waals surface area contributed by atoms with Crippen molar-refractivity contribution in [2.45, 2.75) is 30.2 Å². The summed E-state index contributed by atoms with van der Waals surface area (Å²) in [5.41, 5.74) is 1.47. The van der Waals surface area contributed by atoms with Crippen LogP contribution in [-0.2, 0) is 26.0 Å². The molecule has 0 aliphatic carbocycles. The van der Waals surface area contributed by atoms with Gasteiger partial charge in [0.1, 0.15) is 6.04 Å². The number of nitrogens with two attached hydrogens (primary N) is 1.